The predicted molar refractivity (Wildman–Crippen MR) is 39.8 cm³/mol. The maximum atomic E-state index is 3.37. The van der Waals surface area contributed by atoms with Crippen LogP contribution in [0.4, 0.5) is 0 Å². The average Bonchev–Trinajstić information content (AvgIpc) is 1.52. The Kier molecular flexibility index (Phi) is 0.783. The fourth-order valence-electron chi connectivity index (χ4n) is 3.00. The maximum Gasteiger partial charge on any atom is 0.00207 e. The normalized spacial score (nSPS) is 38.4. The van der Waals surface area contributed by atoms with Gasteiger partial charge in [-0.3, -0.25) is 0 Å². The second kappa shape index (κ2) is 1.41. The molecule has 0 aromatic carbocycles. The molecule has 1 saturated carbocycles. The molecule has 2 nitrogen and oxygen atoms in total. The van der Waals surface area contributed by atoms with Crippen molar-refractivity contribution in [3.05, 3.63) is 0 Å². The lowest BCUT2D eigenvalue weighted by Gasteiger charge is -2.65. The molecule has 10 heavy (non-hydrogen) atoms. The highest BCUT2D eigenvalue weighted by atomic mass is 15.1. The summed E-state index contributed by atoms with van der Waals surface area (Å²) in [6.45, 7) is 5.20. The molecule has 56 valence electrons. The molecule has 3 aliphatic rings. The van der Waals surface area contributed by atoms with Gasteiger partial charge in [-0.15, -0.1) is 0 Å². The van der Waals surface area contributed by atoms with Crippen LogP contribution in [0, 0.1) is 10.8 Å². The van der Waals surface area contributed by atoms with Crippen molar-refractivity contribution in [2.45, 2.75) is 12.8 Å². The molecule has 2 aliphatic heterocycles. The van der Waals surface area contributed by atoms with Crippen molar-refractivity contribution in [2.24, 2.45) is 10.8 Å². The molecule has 2 heteroatoms. The van der Waals surface area contributed by atoms with Crippen molar-refractivity contribution in [3.63, 3.8) is 0 Å². The van der Waals surface area contributed by atoms with E-state index in [4.69, 9.17) is 0 Å². The van der Waals surface area contributed by atoms with Crippen LogP contribution in [0.5, 0.6) is 0 Å². The quantitative estimate of drug-likeness (QED) is 0.491. The smallest absolute Gasteiger partial charge is 0.00207 e. The molecule has 0 aromatic heterocycles. The van der Waals surface area contributed by atoms with Gasteiger partial charge in [0.2, 0.25) is 0 Å². The Hall–Kier alpha value is -0.0800. The summed E-state index contributed by atoms with van der Waals surface area (Å²) >= 11 is 0. The van der Waals surface area contributed by atoms with Crippen LogP contribution in [-0.2, 0) is 0 Å². The average molecular weight is 138 g/mol. The van der Waals surface area contributed by atoms with Gasteiger partial charge in [0, 0.05) is 26.2 Å². The van der Waals surface area contributed by atoms with Crippen molar-refractivity contribution >= 4 is 0 Å². The van der Waals surface area contributed by atoms with Crippen LogP contribution in [0.3, 0.4) is 0 Å². The van der Waals surface area contributed by atoms with Gasteiger partial charge in [-0.05, 0) is 23.7 Å². The number of rotatable bonds is 0. The third-order valence-corrected chi connectivity index (χ3v) is 3.50. The molecular weight excluding hydrogens is 124 g/mol. The number of nitrogens with one attached hydrogen (secondary N) is 2. The standard InChI is InChI=1S/C8H14N2/c1-7(3-9-4-7)2-8(1)5-10-6-8/h9-10H,1-6H2. The van der Waals surface area contributed by atoms with Crippen LogP contribution >= 0.6 is 0 Å². The minimum atomic E-state index is 0.780. The van der Waals surface area contributed by atoms with E-state index in [1.165, 1.54) is 39.0 Å². The fraction of sp³-hybridized carbons (Fsp3) is 1.00. The van der Waals surface area contributed by atoms with Crippen LogP contribution in [0.15, 0.2) is 0 Å². The third-order valence-electron chi connectivity index (χ3n) is 3.50. The molecule has 2 N–H and O–H groups in total. The lowest BCUT2D eigenvalue weighted by Crippen LogP contribution is -2.72. The van der Waals surface area contributed by atoms with Gasteiger partial charge in [0.25, 0.3) is 0 Å². The molecular formula is C8H14N2. The van der Waals surface area contributed by atoms with Crippen LogP contribution < -0.4 is 10.6 Å². The lowest BCUT2D eigenvalue weighted by molar-refractivity contribution is -0.106. The van der Waals surface area contributed by atoms with Crippen LogP contribution in [0.25, 0.3) is 0 Å². The van der Waals surface area contributed by atoms with E-state index in [1.54, 1.807) is 0 Å². The Morgan fingerprint density at radius 3 is 1.30 bits per heavy atom. The predicted octanol–water partition coefficient (Wildman–Crippen LogP) is -0.0406. The lowest BCUT2D eigenvalue weighted by atomic mass is 9.48. The zero-order valence-electron chi connectivity index (χ0n) is 6.24. The molecule has 0 aromatic rings. The molecule has 2 saturated heterocycles. The molecule has 2 spiro atoms. The first-order valence-electron chi connectivity index (χ1n) is 4.24. The summed E-state index contributed by atoms with van der Waals surface area (Å²) in [5.74, 6) is 0. The second-order valence-electron chi connectivity index (χ2n) is 4.56. The van der Waals surface area contributed by atoms with E-state index in [2.05, 4.69) is 10.6 Å². The molecule has 0 radical (unpaired) electrons. The zero-order valence-corrected chi connectivity index (χ0v) is 6.24. The van der Waals surface area contributed by atoms with Gasteiger partial charge in [0.05, 0.1) is 0 Å². The van der Waals surface area contributed by atoms with E-state index in [0.29, 0.717) is 0 Å². The highest BCUT2D eigenvalue weighted by Crippen LogP contribution is 2.58. The molecule has 0 unspecified atom stereocenters. The van der Waals surface area contributed by atoms with Crippen molar-refractivity contribution in [1.29, 1.82) is 0 Å². The molecule has 2 heterocycles. The van der Waals surface area contributed by atoms with Gasteiger partial charge in [0.15, 0.2) is 0 Å². The Bertz CT molecular complexity index is 140. The third kappa shape index (κ3) is 0.487. The van der Waals surface area contributed by atoms with Gasteiger partial charge in [-0.25, -0.2) is 0 Å². The summed E-state index contributed by atoms with van der Waals surface area (Å²) in [6, 6.07) is 0. The summed E-state index contributed by atoms with van der Waals surface area (Å²) in [6.07, 6.45) is 3.00. The Balaban J connectivity index is 1.69. The molecule has 0 atom stereocenters. The number of hydrogen-bond acceptors (Lipinski definition) is 2. The molecule has 0 amide bonds. The van der Waals surface area contributed by atoms with Gasteiger partial charge < -0.3 is 10.6 Å². The Morgan fingerprint density at radius 2 is 1.10 bits per heavy atom. The van der Waals surface area contributed by atoms with Crippen molar-refractivity contribution in [1.82, 2.24) is 10.6 Å². The largest absolute Gasteiger partial charge is 0.316 e. The minimum absolute atomic E-state index is 0.780. The summed E-state index contributed by atoms with van der Waals surface area (Å²) in [4.78, 5) is 0. The molecule has 0 bridgehead atoms. The summed E-state index contributed by atoms with van der Waals surface area (Å²) in [7, 11) is 0. The van der Waals surface area contributed by atoms with Crippen LogP contribution in [0.2, 0.25) is 0 Å². The SMILES string of the molecule is C1NCC12CC1(CNC1)C2. The van der Waals surface area contributed by atoms with Crippen LogP contribution in [0.1, 0.15) is 12.8 Å². The van der Waals surface area contributed by atoms with Gasteiger partial charge in [-0.2, -0.15) is 0 Å². The first-order chi connectivity index (χ1) is 4.83. The van der Waals surface area contributed by atoms with Crippen molar-refractivity contribution in [3.8, 4) is 0 Å². The van der Waals surface area contributed by atoms with E-state index in [9.17, 15) is 0 Å². The Labute approximate surface area is 61.4 Å². The van der Waals surface area contributed by atoms with E-state index >= 15 is 0 Å². The number of hydrogen-bond donors (Lipinski definition) is 2. The van der Waals surface area contributed by atoms with Crippen LogP contribution in [-0.4, -0.2) is 26.2 Å². The van der Waals surface area contributed by atoms with E-state index in [0.717, 1.165) is 10.8 Å². The summed E-state index contributed by atoms with van der Waals surface area (Å²) in [5.41, 5.74) is 1.56. The fourth-order valence-corrected chi connectivity index (χ4v) is 3.00. The molecule has 3 fully saturated rings. The first kappa shape index (κ1) is 5.56. The van der Waals surface area contributed by atoms with E-state index < -0.39 is 0 Å². The Morgan fingerprint density at radius 1 is 0.700 bits per heavy atom. The van der Waals surface area contributed by atoms with Gasteiger partial charge in [-0.1, -0.05) is 0 Å². The zero-order chi connectivity index (χ0) is 6.66. The maximum absolute atomic E-state index is 3.37. The van der Waals surface area contributed by atoms with E-state index in [-0.39, 0.29) is 0 Å². The van der Waals surface area contributed by atoms with Crippen molar-refractivity contribution in [2.75, 3.05) is 26.2 Å². The second-order valence-corrected chi connectivity index (χ2v) is 4.56. The summed E-state index contributed by atoms with van der Waals surface area (Å²) in [5, 5.41) is 6.74. The highest BCUT2D eigenvalue weighted by Gasteiger charge is 2.59. The van der Waals surface area contributed by atoms with E-state index in [1.807, 2.05) is 0 Å². The first-order valence-corrected chi connectivity index (χ1v) is 4.24. The van der Waals surface area contributed by atoms with Crippen molar-refractivity contribution < 1.29 is 0 Å². The summed E-state index contributed by atoms with van der Waals surface area (Å²) < 4.78 is 0. The van der Waals surface area contributed by atoms with Gasteiger partial charge >= 0.3 is 0 Å². The van der Waals surface area contributed by atoms with Gasteiger partial charge in [0.1, 0.15) is 0 Å². The topological polar surface area (TPSA) is 24.1 Å². The molecule has 1 aliphatic carbocycles. The molecule has 3 rings (SSSR count). The highest BCUT2D eigenvalue weighted by molar-refractivity contribution is 5.14. The minimum Gasteiger partial charge on any atom is -0.316 e. The monoisotopic (exact) mass is 138 g/mol.